The first-order chi connectivity index (χ1) is 8.78. The van der Waals surface area contributed by atoms with Gasteiger partial charge in [-0.05, 0) is 39.2 Å². The highest BCUT2D eigenvalue weighted by Gasteiger charge is 2.26. The van der Waals surface area contributed by atoms with Gasteiger partial charge in [-0.15, -0.1) is 0 Å². The van der Waals surface area contributed by atoms with E-state index in [1.165, 1.54) is 12.8 Å². The Bertz CT molecular complexity index is 355. The Morgan fingerprint density at radius 1 is 1.39 bits per heavy atom. The average molecular weight is 253 g/mol. The summed E-state index contributed by atoms with van der Waals surface area (Å²) in [7, 11) is 3.71. The Morgan fingerprint density at radius 2 is 2.11 bits per heavy atom. The van der Waals surface area contributed by atoms with Crippen molar-refractivity contribution in [3.8, 4) is 0 Å². The number of nitrogens with zero attached hydrogens (tertiary/aromatic N) is 2. The Morgan fingerprint density at radius 3 is 2.67 bits per heavy atom. The van der Waals surface area contributed by atoms with Gasteiger partial charge in [0.25, 0.3) is 0 Å². The Labute approximate surface area is 108 Å². The number of nitrogens with one attached hydrogen (secondary N) is 1. The first-order valence-electron chi connectivity index (χ1n) is 6.82. The summed E-state index contributed by atoms with van der Waals surface area (Å²) in [4.78, 5) is 4.50. The summed E-state index contributed by atoms with van der Waals surface area (Å²) in [6.07, 6.45) is 5.42. The van der Waals surface area contributed by atoms with E-state index in [1.54, 1.807) is 7.11 Å². The average Bonchev–Trinajstić information content (AvgIpc) is 2.90. The summed E-state index contributed by atoms with van der Waals surface area (Å²) in [5.41, 5.74) is 0. The van der Waals surface area contributed by atoms with Crippen LogP contribution in [0.3, 0.4) is 0 Å². The molecule has 1 heterocycles. The number of rotatable bonds is 5. The lowest BCUT2D eigenvalue weighted by Crippen LogP contribution is -2.29. The van der Waals surface area contributed by atoms with Gasteiger partial charge in [0.1, 0.15) is 6.10 Å². The maximum absolute atomic E-state index is 5.40. The lowest BCUT2D eigenvalue weighted by Gasteiger charge is -2.25. The van der Waals surface area contributed by atoms with Crippen LogP contribution in [0.4, 0.5) is 0 Å². The monoisotopic (exact) mass is 253 g/mol. The van der Waals surface area contributed by atoms with Crippen molar-refractivity contribution >= 4 is 0 Å². The highest BCUT2D eigenvalue weighted by atomic mass is 16.5. The molecule has 0 radical (unpaired) electrons. The summed E-state index contributed by atoms with van der Waals surface area (Å²) >= 11 is 0. The van der Waals surface area contributed by atoms with Crippen LogP contribution in [0.2, 0.25) is 0 Å². The number of aromatic nitrogens is 2. The topological polar surface area (TPSA) is 60.2 Å². The third kappa shape index (κ3) is 2.90. The van der Waals surface area contributed by atoms with Gasteiger partial charge in [0.05, 0.1) is 0 Å². The number of methoxy groups -OCH3 is 1. The van der Waals surface area contributed by atoms with Crippen molar-refractivity contribution in [2.24, 2.45) is 0 Å². The second-order valence-corrected chi connectivity index (χ2v) is 4.96. The highest BCUT2D eigenvalue weighted by molar-refractivity contribution is 4.99. The second-order valence-electron chi connectivity index (χ2n) is 4.96. The zero-order valence-corrected chi connectivity index (χ0v) is 11.5. The predicted octanol–water partition coefficient (Wildman–Crippen LogP) is 2.41. The van der Waals surface area contributed by atoms with Crippen LogP contribution in [0.15, 0.2) is 4.52 Å². The van der Waals surface area contributed by atoms with Gasteiger partial charge in [0.15, 0.2) is 0 Å². The van der Waals surface area contributed by atoms with Crippen LogP contribution in [-0.2, 0) is 4.74 Å². The molecular weight excluding hydrogens is 230 g/mol. The quantitative estimate of drug-likeness (QED) is 0.873. The van der Waals surface area contributed by atoms with E-state index in [2.05, 4.69) is 22.4 Å². The molecule has 1 fully saturated rings. The lowest BCUT2D eigenvalue weighted by atomic mass is 9.86. The fourth-order valence-corrected chi connectivity index (χ4v) is 2.63. The molecule has 0 aromatic carbocycles. The molecular formula is C13H23N3O2. The first kappa shape index (κ1) is 13.5. The fraction of sp³-hybridized carbons (Fsp3) is 0.846. The molecule has 102 valence electrons. The van der Waals surface area contributed by atoms with Crippen LogP contribution in [0, 0.1) is 0 Å². The van der Waals surface area contributed by atoms with Gasteiger partial charge in [-0.25, -0.2) is 0 Å². The fourth-order valence-electron chi connectivity index (χ4n) is 2.63. The maximum atomic E-state index is 5.40. The third-order valence-electron chi connectivity index (χ3n) is 3.89. The molecule has 1 aromatic rings. The van der Waals surface area contributed by atoms with Crippen molar-refractivity contribution in [2.75, 3.05) is 14.2 Å². The van der Waals surface area contributed by atoms with E-state index in [0.717, 1.165) is 25.2 Å². The smallest absolute Gasteiger partial charge is 0.229 e. The molecule has 1 aromatic heterocycles. The van der Waals surface area contributed by atoms with Gasteiger partial charge in [0, 0.05) is 19.1 Å². The molecule has 1 N–H and O–H groups in total. The molecule has 0 amide bonds. The van der Waals surface area contributed by atoms with Gasteiger partial charge in [0.2, 0.25) is 11.7 Å². The van der Waals surface area contributed by atoms with Crippen molar-refractivity contribution < 1.29 is 9.26 Å². The van der Waals surface area contributed by atoms with Gasteiger partial charge >= 0.3 is 0 Å². The van der Waals surface area contributed by atoms with Gasteiger partial charge < -0.3 is 14.6 Å². The second kappa shape index (κ2) is 6.29. The van der Waals surface area contributed by atoms with Crippen LogP contribution in [0.5, 0.6) is 0 Å². The lowest BCUT2D eigenvalue weighted by molar-refractivity contribution is 0.0903. The predicted molar refractivity (Wildman–Crippen MR) is 68.4 cm³/mol. The molecule has 0 bridgehead atoms. The minimum atomic E-state index is -0.0452. The Kier molecular flexibility index (Phi) is 4.72. The molecule has 1 aliphatic rings. The van der Waals surface area contributed by atoms with Crippen molar-refractivity contribution in [3.63, 3.8) is 0 Å². The number of ether oxygens (including phenoxy) is 1. The van der Waals surface area contributed by atoms with E-state index in [4.69, 9.17) is 9.26 Å². The van der Waals surface area contributed by atoms with Crippen molar-refractivity contribution in [3.05, 3.63) is 11.7 Å². The van der Waals surface area contributed by atoms with E-state index in [9.17, 15) is 0 Å². The molecule has 1 unspecified atom stereocenters. The molecule has 0 saturated heterocycles. The summed E-state index contributed by atoms with van der Waals surface area (Å²) in [5, 5.41) is 7.38. The maximum Gasteiger partial charge on any atom is 0.229 e. The minimum absolute atomic E-state index is 0.0452. The number of hydrogen-bond acceptors (Lipinski definition) is 5. The molecule has 1 aliphatic carbocycles. The zero-order valence-electron chi connectivity index (χ0n) is 11.5. The SMILES string of the molecule is CCC(OC)c1noc(C2CCC(NC)CC2)n1. The third-order valence-corrected chi connectivity index (χ3v) is 3.89. The first-order valence-corrected chi connectivity index (χ1v) is 6.82. The van der Waals surface area contributed by atoms with Crippen LogP contribution in [0.25, 0.3) is 0 Å². The molecule has 2 rings (SSSR count). The van der Waals surface area contributed by atoms with Gasteiger partial charge in [-0.2, -0.15) is 4.98 Å². The summed E-state index contributed by atoms with van der Waals surface area (Å²) < 4.78 is 10.7. The van der Waals surface area contributed by atoms with Crippen LogP contribution in [-0.4, -0.2) is 30.3 Å². The zero-order chi connectivity index (χ0) is 13.0. The minimum Gasteiger partial charge on any atom is -0.373 e. The largest absolute Gasteiger partial charge is 0.373 e. The van der Waals surface area contributed by atoms with Gasteiger partial charge in [-0.1, -0.05) is 12.1 Å². The molecule has 1 saturated carbocycles. The highest BCUT2D eigenvalue weighted by Crippen LogP contribution is 2.32. The van der Waals surface area contributed by atoms with Crippen LogP contribution in [0.1, 0.15) is 62.8 Å². The van der Waals surface area contributed by atoms with Crippen LogP contribution >= 0.6 is 0 Å². The summed E-state index contributed by atoms with van der Waals surface area (Å²) in [6, 6.07) is 0.644. The van der Waals surface area contributed by atoms with Crippen molar-refractivity contribution in [2.45, 2.75) is 57.1 Å². The van der Waals surface area contributed by atoms with E-state index in [-0.39, 0.29) is 6.10 Å². The summed E-state index contributed by atoms with van der Waals surface area (Å²) in [6.45, 7) is 2.06. The molecule has 5 heteroatoms. The van der Waals surface area contributed by atoms with Crippen LogP contribution < -0.4 is 5.32 Å². The standard InChI is InChI=1S/C13H23N3O2/c1-4-11(17-3)12-15-13(18-16-12)9-5-7-10(14-2)8-6-9/h9-11,14H,4-8H2,1-3H3. The van der Waals surface area contributed by atoms with Gasteiger partial charge in [-0.3, -0.25) is 0 Å². The molecule has 1 atom stereocenters. The molecule has 0 spiro atoms. The van der Waals surface area contributed by atoms with E-state index >= 15 is 0 Å². The van der Waals surface area contributed by atoms with E-state index < -0.39 is 0 Å². The molecule has 5 nitrogen and oxygen atoms in total. The van der Waals surface area contributed by atoms with E-state index in [1.807, 2.05) is 7.05 Å². The molecule has 18 heavy (non-hydrogen) atoms. The van der Waals surface area contributed by atoms with Crippen molar-refractivity contribution in [1.29, 1.82) is 0 Å². The Balaban J connectivity index is 1.98. The Hall–Kier alpha value is -0.940. The number of hydrogen-bond donors (Lipinski definition) is 1. The van der Waals surface area contributed by atoms with E-state index in [0.29, 0.717) is 17.8 Å². The molecule has 0 aliphatic heterocycles. The summed E-state index contributed by atoms with van der Waals surface area (Å²) in [5.74, 6) is 1.89. The normalized spacial score (nSPS) is 26.2. The van der Waals surface area contributed by atoms with Crippen molar-refractivity contribution in [1.82, 2.24) is 15.5 Å².